The second-order valence-electron chi connectivity index (χ2n) is 12.1. The molecular weight excluding hydrogens is 574 g/mol. The van der Waals surface area contributed by atoms with E-state index >= 15 is 0 Å². The number of likely N-dealkylation sites (tertiary alicyclic amines) is 1. The van der Waals surface area contributed by atoms with Gasteiger partial charge in [-0.2, -0.15) is 0 Å². The van der Waals surface area contributed by atoms with Gasteiger partial charge in [0.15, 0.2) is 0 Å². The molecule has 0 radical (unpaired) electrons. The van der Waals surface area contributed by atoms with Crippen molar-refractivity contribution in [3.8, 4) is 0 Å². The van der Waals surface area contributed by atoms with Crippen molar-refractivity contribution in [3.63, 3.8) is 0 Å². The number of carbonyl (C=O) groups is 4. The summed E-state index contributed by atoms with van der Waals surface area (Å²) in [6.45, 7) is 6.98. The van der Waals surface area contributed by atoms with Crippen LogP contribution in [0.15, 0.2) is 0 Å². The third-order valence-corrected chi connectivity index (χ3v) is 8.16. The maximum absolute atomic E-state index is 12.8. The van der Waals surface area contributed by atoms with E-state index in [1.807, 2.05) is 0 Å². The zero-order valence-electron chi connectivity index (χ0n) is 28.5. The van der Waals surface area contributed by atoms with Crippen molar-refractivity contribution in [3.05, 3.63) is 0 Å². The van der Waals surface area contributed by atoms with Gasteiger partial charge in [-0.15, -0.1) is 0 Å². The Hall–Kier alpha value is -2.04. The van der Waals surface area contributed by atoms with Crippen LogP contribution >= 0.6 is 0 Å². The van der Waals surface area contributed by atoms with Crippen LogP contribution < -0.4 is 10.6 Å². The van der Waals surface area contributed by atoms with Crippen LogP contribution in [0, 0.1) is 0 Å². The molecule has 0 saturated carbocycles. The molecule has 0 bridgehead atoms. The second-order valence-corrected chi connectivity index (χ2v) is 12.1. The van der Waals surface area contributed by atoms with E-state index in [0.717, 1.165) is 32.0 Å². The van der Waals surface area contributed by atoms with Gasteiger partial charge < -0.3 is 34.5 Å². The van der Waals surface area contributed by atoms with Gasteiger partial charge >= 0.3 is 0 Å². The van der Waals surface area contributed by atoms with Gasteiger partial charge in [-0.3, -0.25) is 14.4 Å². The smallest absolute Gasteiger partial charge is 0.242 e. The number of carbonyl (C=O) groups excluding carboxylic acids is 4. The Kier molecular flexibility index (Phi) is 27.9. The maximum atomic E-state index is 12.8. The first-order valence-corrected chi connectivity index (χ1v) is 18.1. The van der Waals surface area contributed by atoms with Gasteiger partial charge in [0.2, 0.25) is 17.7 Å². The number of unbranched alkanes of at least 4 members (excludes halogenated alkanes) is 12. The monoisotopic (exact) mass is 639 g/mol. The molecule has 0 spiro atoms. The Morgan fingerprint density at radius 3 is 1.73 bits per heavy atom. The van der Waals surface area contributed by atoms with Crippen LogP contribution in [0.3, 0.4) is 0 Å². The van der Waals surface area contributed by atoms with E-state index < -0.39 is 0 Å². The van der Waals surface area contributed by atoms with Gasteiger partial charge in [0, 0.05) is 52.1 Å². The molecule has 1 saturated heterocycles. The van der Waals surface area contributed by atoms with Crippen LogP contribution in [0.5, 0.6) is 0 Å². The molecule has 10 heteroatoms. The fraction of sp³-hybridized carbons (Fsp3) is 0.886. The van der Waals surface area contributed by atoms with Crippen molar-refractivity contribution in [2.75, 3.05) is 59.3 Å². The SMILES string of the molecule is CCCCCCCCCCCCCCCC(=O)N1CCCC1C(=O)NCCCOCCOCCOCCCNC(=O)CCC=O. The fourth-order valence-corrected chi connectivity index (χ4v) is 5.50. The average Bonchev–Trinajstić information content (AvgIpc) is 3.54. The van der Waals surface area contributed by atoms with E-state index in [1.165, 1.54) is 70.6 Å². The molecule has 1 rings (SSSR count). The van der Waals surface area contributed by atoms with E-state index in [1.54, 1.807) is 4.90 Å². The summed E-state index contributed by atoms with van der Waals surface area (Å²) in [6.07, 6.45) is 21.6. The summed E-state index contributed by atoms with van der Waals surface area (Å²) in [5, 5.41) is 5.72. The molecule has 262 valence electrons. The lowest BCUT2D eigenvalue weighted by Gasteiger charge is -2.24. The minimum absolute atomic E-state index is 0.0465. The number of hydrogen-bond donors (Lipinski definition) is 2. The summed E-state index contributed by atoms with van der Waals surface area (Å²) in [5.41, 5.74) is 0. The van der Waals surface area contributed by atoms with Gasteiger partial charge in [-0.25, -0.2) is 0 Å². The van der Waals surface area contributed by atoms with Crippen molar-refractivity contribution in [2.45, 2.75) is 141 Å². The molecule has 1 aliphatic heterocycles. The summed E-state index contributed by atoms with van der Waals surface area (Å²) >= 11 is 0. The minimum Gasteiger partial charge on any atom is -0.379 e. The lowest BCUT2D eigenvalue weighted by atomic mass is 10.0. The van der Waals surface area contributed by atoms with Crippen molar-refractivity contribution >= 4 is 24.0 Å². The summed E-state index contributed by atoms with van der Waals surface area (Å²) in [6, 6.07) is -0.330. The molecule has 45 heavy (non-hydrogen) atoms. The molecule has 2 N–H and O–H groups in total. The number of aldehydes is 1. The molecule has 10 nitrogen and oxygen atoms in total. The number of rotatable bonds is 32. The Bertz CT molecular complexity index is 753. The number of nitrogens with one attached hydrogen (secondary N) is 2. The third kappa shape index (κ3) is 23.9. The van der Waals surface area contributed by atoms with Crippen LogP contribution in [0.25, 0.3) is 0 Å². The van der Waals surface area contributed by atoms with Crippen molar-refractivity contribution < 1.29 is 33.4 Å². The summed E-state index contributed by atoms with van der Waals surface area (Å²) in [5.74, 6) is -0.0365. The molecular formula is C35H65N3O7. The Labute approximate surface area is 273 Å². The zero-order valence-corrected chi connectivity index (χ0v) is 28.5. The van der Waals surface area contributed by atoms with Gasteiger partial charge in [0.25, 0.3) is 0 Å². The van der Waals surface area contributed by atoms with E-state index in [-0.39, 0.29) is 36.6 Å². The Morgan fingerprint density at radius 2 is 1.18 bits per heavy atom. The average molecular weight is 640 g/mol. The Balaban J connectivity index is 1.92. The van der Waals surface area contributed by atoms with Gasteiger partial charge in [0.05, 0.1) is 26.4 Å². The van der Waals surface area contributed by atoms with E-state index in [2.05, 4.69) is 17.6 Å². The first-order chi connectivity index (χ1) is 22.1. The van der Waals surface area contributed by atoms with Crippen molar-refractivity contribution in [2.24, 2.45) is 0 Å². The highest BCUT2D eigenvalue weighted by Gasteiger charge is 2.33. The number of ether oxygens (including phenoxy) is 3. The molecule has 0 aromatic heterocycles. The summed E-state index contributed by atoms with van der Waals surface area (Å²) in [7, 11) is 0. The van der Waals surface area contributed by atoms with E-state index in [0.29, 0.717) is 78.5 Å². The molecule has 3 amide bonds. The van der Waals surface area contributed by atoms with Gasteiger partial charge in [0.1, 0.15) is 12.3 Å². The largest absolute Gasteiger partial charge is 0.379 e. The molecule has 1 atom stereocenters. The summed E-state index contributed by atoms with van der Waals surface area (Å²) < 4.78 is 16.5. The van der Waals surface area contributed by atoms with Crippen LogP contribution in [0.4, 0.5) is 0 Å². The standard InChI is InChI=1S/C35H65N3O7/c1-2-3-4-5-6-7-8-9-10-11-12-13-14-21-34(41)38-24-15-19-32(38)35(42)37-23-18-27-44-29-31-45-30-28-43-26-17-22-36-33(40)20-16-25-39/h25,32H,2-24,26-31H2,1H3,(H,36,40)(H,37,42). The first kappa shape index (κ1) is 41.0. The molecule has 0 aromatic carbocycles. The lowest BCUT2D eigenvalue weighted by molar-refractivity contribution is -0.138. The fourth-order valence-electron chi connectivity index (χ4n) is 5.50. The van der Waals surface area contributed by atoms with Crippen LogP contribution in [-0.4, -0.2) is 94.2 Å². The predicted molar refractivity (Wildman–Crippen MR) is 178 cm³/mol. The topological polar surface area (TPSA) is 123 Å². The van der Waals surface area contributed by atoms with E-state index in [9.17, 15) is 19.2 Å². The van der Waals surface area contributed by atoms with Crippen LogP contribution in [-0.2, 0) is 33.4 Å². The maximum Gasteiger partial charge on any atom is 0.242 e. The van der Waals surface area contributed by atoms with Gasteiger partial charge in [-0.1, -0.05) is 84.0 Å². The second kappa shape index (κ2) is 30.6. The van der Waals surface area contributed by atoms with Crippen molar-refractivity contribution in [1.29, 1.82) is 0 Å². The quantitative estimate of drug-likeness (QED) is 0.0736. The van der Waals surface area contributed by atoms with E-state index in [4.69, 9.17) is 14.2 Å². The summed E-state index contributed by atoms with van der Waals surface area (Å²) in [4.78, 5) is 48.9. The lowest BCUT2D eigenvalue weighted by Crippen LogP contribution is -2.46. The minimum atomic E-state index is -0.330. The molecule has 1 heterocycles. The number of amides is 3. The normalized spacial score (nSPS) is 14.5. The first-order valence-electron chi connectivity index (χ1n) is 18.1. The molecule has 1 fully saturated rings. The highest BCUT2D eigenvalue weighted by molar-refractivity contribution is 5.88. The Morgan fingerprint density at radius 1 is 0.667 bits per heavy atom. The number of nitrogens with zero attached hydrogens (tertiary/aromatic N) is 1. The third-order valence-electron chi connectivity index (χ3n) is 8.16. The molecule has 0 aromatic rings. The zero-order chi connectivity index (χ0) is 32.6. The highest BCUT2D eigenvalue weighted by Crippen LogP contribution is 2.20. The van der Waals surface area contributed by atoms with Crippen LogP contribution in [0.2, 0.25) is 0 Å². The highest BCUT2D eigenvalue weighted by atomic mass is 16.5. The van der Waals surface area contributed by atoms with Crippen molar-refractivity contribution in [1.82, 2.24) is 15.5 Å². The molecule has 0 aliphatic carbocycles. The number of hydrogen-bond acceptors (Lipinski definition) is 7. The van der Waals surface area contributed by atoms with Crippen LogP contribution in [0.1, 0.15) is 135 Å². The molecule has 1 unspecified atom stereocenters. The molecule has 1 aliphatic rings. The van der Waals surface area contributed by atoms with Gasteiger partial charge in [-0.05, 0) is 32.1 Å². The predicted octanol–water partition coefficient (Wildman–Crippen LogP) is 5.50.